The summed E-state index contributed by atoms with van der Waals surface area (Å²) in [6, 6.07) is -0.164. The van der Waals surface area contributed by atoms with Crippen molar-refractivity contribution in [1.82, 2.24) is 25.0 Å². The van der Waals surface area contributed by atoms with Gasteiger partial charge >= 0.3 is 6.09 Å². The quantitative estimate of drug-likeness (QED) is 0.877. The van der Waals surface area contributed by atoms with E-state index in [-0.39, 0.29) is 11.9 Å². The van der Waals surface area contributed by atoms with E-state index in [4.69, 9.17) is 4.74 Å². The van der Waals surface area contributed by atoms with Gasteiger partial charge < -0.3 is 14.6 Å². The lowest BCUT2D eigenvalue weighted by Gasteiger charge is -2.33. The topological polar surface area (TPSA) is 89.3 Å². The number of hydrogen-bond acceptors (Lipinski definition) is 5. The van der Waals surface area contributed by atoms with E-state index in [2.05, 4.69) is 29.4 Å². The summed E-state index contributed by atoms with van der Waals surface area (Å²) in [5, 5.41) is 10.9. The monoisotopic (exact) mass is 323 g/mol. The molecule has 2 amide bonds. The predicted molar refractivity (Wildman–Crippen MR) is 83.9 cm³/mol. The molecule has 1 aromatic heterocycles. The second-order valence-corrected chi connectivity index (χ2v) is 5.96. The van der Waals surface area contributed by atoms with E-state index in [0.717, 1.165) is 18.7 Å². The summed E-state index contributed by atoms with van der Waals surface area (Å²) in [5.41, 5.74) is 0. The molecule has 1 saturated heterocycles. The number of carbonyl (C=O) groups excluding carboxylic acids is 2. The van der Waals surface area contributed by atoms with E-state index >= 15 is 0 Å². The minimum absolute atomic E-state index is 0.134. The molecule has 128 valence electrons. The van der Waals surface area contributed by atoms with Crippen molar-refractivity contribution in [1.29, 1.82) is 0 Å². The van der Waals surface area contributed by atoms with Gasteiger partial charge in [-0.1, -0.05) is 0 Å². The van der Waals surface area contributed by atoms with Crippen LogP contribution < -0.4 is 5.32 Å². The molecule has 8 heteroatoms. The van der Waals surface area contributed by atoms with Gasteiger partial charge in [-0.05, 0) is 33.1 Å². The van der Waals surface area contributed by atoms with Gasteiger partial charge in [0.2, 0.25) is 5.91 Å². The number of ether oxygens (including phenoxy) is 1. The van der Waals surface area contributed by atoms with E-state index in [1.807, 2.05) is 4.57 Å². The molecule has 2 rings (SSSR count). The van der Waals surface area contributed by atoms with Crippen LogP contribution in [-0.4, -0.2) is 57.9 Å². The number of nitrogens with zero attached hydrogens (tertiary/aromatic N) is 4. The van der Waals surface area contributed by atoms with Gasteiger partial charge in [0.05, 0.1) is 7.11 Å². The van der Waals surface area contributed by atoms with Gasteiger partial charge in [0.25, 0.3) is 0 Å². The Hall–Kier alpha value is -2.12. The Morgan fingerprint density at radius 3 is 2.91 bits per heavy atom. The third kappa shape index (κ3) is 4.20. The first-order chi connectivity index (χ1) is 11.0. The summed E-state index contributed by atoms with van der Waals surface area (Å²) in [6.45, 7) is 5.14. The minimum atomic E-state index is -0.445. The molecule has 8 nitrogen and oxygen atoms in total. The van der Waals surface area contributed by atoms with Crippen LogP contribution in [0.2, 0.25) is 0 Å². The summed E-state index contributed by atoms with van der Waals surface area (Å²) in [5.74, 6) is 0.708. The number of likely N-dealkylation sites (tertiary alicyclic amines) is 1. The van der Waals surface area contributed by atoms with Crippen LogP contribution in [-0.2, 0) is 16.0 Å². The maximum absolute atomic E-state index is 12.4. The fourth-order valence-electron chi connectivity index (χ4n) is 2.83. The molecule has 1 fully saturated rings. The zero-order valence-corrected chi connectivity index (χ0v) is 14.0. The summed E-state index contributed by atoms with van der Waals surface area (Å²) in [4.78, 5) is 25.6. The number of methoxy groups -OCH3 is 1. The van der Waals surface area contributed by atoms with Gasteiger partial charge in [0.1, 0.15) is 18.2 Å². The lowest BCUT2D eigenvalue weighted by atomic mass is 10.0. The van der Waals surface area contributed by atoms with Crippen LogP contribution >= 0.6 is 0 Å². The largest absolute Gasteiger partial charge is 0.453 e. The molecule has 0 aliphatic carbocycles. The van der Waals surface area contributed by atoms with Crippen LogP contribution in [0, 0.1) is 0 Å². The molecule has 0 aromatic carbocycles. The van der Waals surface area contributed by atoms with E-state index in [1.165, 1.54) is 12.0 Å². The van der Waals surface area contributed by atoms with Crippen LogP contribution in [0.25, 0.3) is 0 Å². The van der Waals surface area contributed by atoms with Gasteiger partial charge in [0.15, 0.2) is 0 Å². The molecule has 1 atom stereocenters. The van der Waals surface area contributed by atoms with Crippen LogP contribution in [0.4, 0.5) is 4.79 Å². The van der Waals surface area contributed by atoms with Crippen LogP contribution in [0.5, 0.6) is 0 Å². The second kappa shape index (κ2) is 7.94. The molecular weight excluding hydrogens is 298 g/mol. The Labute approximate surface area is 136 Å². The van der Waals surface area contributed by atoms with Crippen molar-refractivity contribution < 1.29 is 14.3 Å². The van der Waals surface area contributed by atoms with Crippen molar-refractivity contribution in [3.8, 4) is 0 Å². The SMILES string of the molecule is COC(=O)N1CCCC[C@H]1C(=O)NCCc1nncn1C(C)C. The van der Waals surface area contributed by atoms with Crippen molar-refractivity contribution in [3.63, 3.8) is 0 Å². The summed E-state index contributed by atoms with van der Waals surface area (Å²) >= 11 is 0. The smallest absolute Gasteiger partial charge is 0.410 e. The lowest BCUT2D eigenvalue weighted by Crippen LogP contribution is -2.52. The third-order valence-electron chi connectivity index (χ3n) is 4.07. The highest BCUT2D eigenvalue weighted by atomic mass is 16.5. The number of nitrogens with one attached hydrogen (secondary N) is 1. The van der Waals surface area contributed by atoms with Crippen molar-refractivity contribution >= 4 is 12.0 Å². The van der Waals surface area contributed by atoms with Crippen LogP contribution in [0.3, 0.4) is 0 Å². The highest BCUT2D eigenvalue weighted by Crippen LogP contribution is 2.18. The molecular formula is C15H25N5O3. The summed E-state index contributed by atoms with van der Waals surface area (Å²) in [6.07, 6.45) is 4.37. The van der Waals surface area contributed by atoms with Crippen LogP contribution in [0.15, 0.2) is 6.33 Å². The van der Waals surface area contributed by atoms with Gasteiger partial charge in [-0.3, -0.25) is 9.69 Å². The highest BCUT2D eigenvalue weighted by Gasteiger charge is 2.32. The van der Waals surface area contributed by atoms with E-state index in [0.29, 0.717) is 25.9 Å². The number of rotatable bonds is 5. The summed E-state index contributed by atoms with van der Waals surface area (Å²) in [7, 11) is 1.34. The zero-order valence-electron chi connectivity index (χ0n) is 14.0. The Morgan fingerprint density at radius 1 is 1.43 bits per heavy atom. The van der Waals surface area contributed by atoms with E-state index in [9.17, 15) is 9.59 Å². The average molecular weight is 323 g/mol. The Bertz CT molecular complexity index is 543. The number of amides is 2. The molecule has 1 aliphatic heterocycles. The molecule has 1 N–H and O–H groups in total. The fourth-order valence-corrected chi connectivity index (χ4v) is 2.83. The van der Waals surface area contributed by atoms with Crippen molar-refractivity contribution in [3.05, 3.63) is 12.2 Å². The van der Waals surface area contributed by atoms with Crippen LogP contribution in [0.1, 0.15) is 45.0 Å². The Kier molecular flexibility index (Phi) is 5.95. The number of piperidine rings is 1. The predicted octanol–water partition coefficient (Wildman–Crippen LogP) is 1.14. The van der Waals surface area contributed by atoms with Gasteiger partial charge in [-0.25, -0.2) is 4.79 Å². The lowest BCUT2D eigenvalue weighted by molar-refractivity contribution is -0.126. The molecule has 1 aliphatic rings. The van der Waals surface area contributed by atoms with E-state index < -0.39 is 12.1 Å². The van der Waals surface area contributed by atoms with Gasteiger partial charge in [-0.15, -0.1) is 10.2 Å². The second-order valence-electron chi connectivity index (χ2n) is 5.96. The summed E-state index contributed by atoms with van der Waals surface area (Å²) < 4.78 is 6.74. The first kappa shape index (κ1) is 17.2. The first-order valence-electron chi connectivity index (χ1n) is 8.05. The van der Waals surface area contributed by atoms with Crippen molar-refractivity contribution in [2.24, 2.45) is 0 Å². The van der Waals surface area contributed by atoms with Gasteiger partial charge in [-0.2, -0.15) is 0 Å². The molecule has 0 bridgehead atoms. The number of aromatic nitrogens is 3. The maximum Gasteiger partial charge on any atom is 0.410 e. The molecule has 2 heterocycles. The van der Waals surface area contributed by atoms with Crippen molar-refractivity contribution in [2.75, 3.05) is 20.2 Å². The van der Waals surface area contributed by atoms with Gasteiger partial charge in [0, 0.05) is 25.6 Å². The molecule has 0 saturated carbocycles. The standard InChI is InChI=1S/C15H25N5O3/c1-11(2)20-10-17-18-13(20)7-8-16-14(21)12-6-4-5-9-19(12)15(22)23-3/h10-12H,4-9H2,1-3H3,(H,16,21)/t12-/m0/s1. The molecule has 1 aromatic rings. The minimum Gasteiger partial charge on any atom is -0.453 e. The van der Waals surface area contributed by atoms with E-state index in [1.54, 1.807) is 6.33 Å². The zero-order chi connectivity index (χ0) is 16.8. The Balaban J connectivity index is 1.88. The third-order valence-corrected chi connectivity index (χ3v) is 4.07. The number of carbonyl (C=O) groups is 2. The maximum atomic E-state index is 12.4. The molecule has 23 heavy (non-hydrogen) atoms. The van der Waals surface area contributed by atoms with Crippen molar-refractivity contribution in [2.45, 2.75) is 51.6 Å². The average Bonchev–Trinajstić information content (AvgIpc) is 3.02. The Morgan fingerprint density at radius 2 is 2.22 bits per heavy atom. The fraction of sp³-hybridized carbons (Fsp3) is 0.733. The highest BCUT2D eigenvalue weighted by molar-refractivity contribution is 5.85. The molecule has 0 radical (unpaired) electrons. The molecule has 0 unspecified atom stereocenters. The number of hydrogen-bond donors (Lipinski definition) is 1. The first-order valence-corrected chi connectivity index (χ1v) is 8.05. The molecule has 0 spiro atoms. The normalized spacial score (nSPS) is 18.1.